The van der Waals surface area contributed by atoms with E-state index in [9.17, 15) is 4.57 Å². The van der Waals surface area contributed by atoms with Gasteiger partial charge in [0.1, 0.15) is 0 Å². The highest BCUT2D eigenvalue weighted by molar-refractivity contribution is 7.57. The van der Waals surface area contributed by atoms with E-state index in [0.717, 1.165) is 16.6 Å². The molecule has 1 aromatic carbocycles. The minimum atomic E-state index is -3.13. The summed E-state index contributed by atoms with van der Waals surface area (Å²) in [4.78, 5) is 3.23. The fourth-order valence-electron chi connectivity index (χ4n) is 1.84. The maximum absolute atomic E-state index is 12.3. The van der Waals surface area contributed by atoms with E-state index in [1.807, 2.05) is 30.3 Å². The summed E-state index contributed by atoms with van der Waals surface area (Å²) >= 11 is 0. The fraction of sp³-hybridized carbons (Fsp3) is 0.286. The summed E-state index contributed by atoms with van der Waals surface area (Å²) < 4.78 is 22.7. The average molecular weight is 279 g/mol. The molecule has 0 saturated heterocycles. The molecule has 19 heavy (non-hydrogen) atoms. The van der Waals surface area contributed by atoms with Crippen molar-refractivity contribution in [3.05, 3.63) is 41.8 Å². The van der Waals surface area contributed by atoms with Crippen molar-refractivity contribution in [2.24, 2.45) is 0 Å². The summed E-state index contributed by atoms with van der Waals surface area (Å²) in [5.41, 5.74) is 1.92. The molecule has 4 nitrogen and oxygen atoms in total. The van der Waals surface area contributed by atoms with Gasteiger partial charge in [-0.2, -0.15) is 0 Å². The number of hydrogen-bond acceptors (Lipinski definition) is 3. The second-order valence-electron chi connectivity index (χ2n) is 4.00. The van der Waals surface area contributed by atoms with E-state index >= 15 is 0 Å². The smallest absolute Gasteiger partial charge is 0.354 e. The third-order valence-electron chi connectivity index (χ3n) is 2.61. The van der Waals surface area contributed by atoms with Crippen molar-refractivity contribution >= 4 is 24.6 Å². The second kappa shape index (κ2) is 6.20. The Labute approximate surface area is 113 Å². The number of aromatic nitrogens is 1. The summed E-state index contributed by atoms with van der Waals surface area (Å²) in [5.74, 6) is 1.50. The Kier molecular flexibility index (Phi) is 4.59. The van der Waals surface area contributed by atoms with Crippen LogP contribution in [0.5, 0.6) is 0 Å². The molecule has 0 aliphatic carbocycles. The summed E-state index contributed by atoms with van der Waals surface area (Å²) in [6.45, 7) is 4.30. The Morgan fingerprint density at radius 3 is 2.53 bits per heavy atom. The van der Waals surface area contributed by atoms with Crippen LogP contribution in [0.15, 0.2) is 36.1 Å². The molecule has 0 spiro atoms. The lowest BCUT2D eigenvalue weighted by Crippen LogP contribution is -1.92. The Morgan fingerprint density at radius 1 is 1.21 bits per heavy atom. The van der Waals surface area contributed by atoms with Gasteiger partial charge in [0, 0.05) is 17.0 Å². The Morgan fingerprint density at radius 2 is 1.89 bits per heavy atom. The lowest BCUT2D eigenvalue weighted by Gasteiger charge is -2.12. The molecule has 0 atom stereocenters. The largest absolute Gasteiger partial charge is 0.355 e. The highest BCUT2D eigenvalue weighted by Crippen LogP contribution is 2.50. The highest BCUT2D eigenvalue weighted by atomic mass is 31.2. The fourth-order valence-corrected chi connectivity index (χ4v) is 3.15. The van der Waals surface area contributed by atoms with Crippen molar-refractivity contribution in [3.8, 4) is 0 Å². The molecule has 0 aliphatic rings. The summed E-state index contributed by atoms with van der Waals surface area (Å²) in [6, 6.07) is 9.96. The van der Waals surface area contributed by atoms with Gasteiger partial charge in [0.2, 0.25) is 0 Å². The van der Waals surface area contributed by atoms with Gasteiger partial charge in [-0.1, -0.05) is 18.2 Å². The van der Waals surface area contributed by atoms with Gasteiger partial charge < -0.3 is 14.0 Å². The van der Waals surface area contributed by atoms with Crippen LogP contribution in [0, 0.1) is 0 Å². The molecular weight excluding hydrogens is 261 g/mol. The van der Waals surface area contributed by atoms with Crippen molar-refractivity contribution in [1.82, 2.24) is 4.98 Å². The van der Waals surface area contributed by atoms with Gasteiger partial charge in [0.15, 0.2) is 0 Å². The van der Waals surface area contributed by atoms with Crippen LogP contribution in [0.25, 0.3) is 17.0 Å². The first kappa shape index (κ1) is 14.1. The van der Waals surface area contributed by atoms with Crippen LogP contribution in [0.3, 0.4) is 0 Å². The van der Waals surface area contributed by atoms with Crippen LogP contribution in [0.1, 0.15) is 19.5 Å². The molecule has 1 aromatic heterocycles. The zero-order valence-electron chi connectivity index (χ0n) is 11.1. The van der Waals surface area contributed by atoms with Crippen LogP contribution >= 0.6 is 7.60 Å². The summed E-state index contributed by atoms with van der Waals surface area (Å²) in [7, 11) is -3.13. The Hall–Kier alpha value is -1.35. The highest BCUT2D eigenvalue weighted by Gasteiger charge is 2.18. The number of benzene rings is 1. The van der Waals surface area contributed by atoms with Gasteiger partial charge in [-0.15, -0.1) is 0 Å². The zero-order valence-corrected chi connectivity index (χ0v) is 12.0. The SMILES string of the molecule is CCOP(=O)(/C=C/c1cc2ccccc2[nH]1)OCC. The van der Waals surface area contributed by atoms with E-state index in [1.165, 1.54) is 5.82 Å². The van der Waals surface area contributed by atoms with E-state index in [4.69, 9.17) is 9.05 Å². The quantitative estimate of drug-likeness (QED) is 0.797. The van der Waals surface area contributed by atoms with Crippen LogP contribution < -0.4 is 0 Å². The lowest BCUT2D eigenvalue weighted by atomic mass is 10.2. The van der Waals surface area contributed by atoms with Crippen LogP contribution in [0.2, 0.25) is 0 Å². The molecule has 5 heteroatoms. The van der Waals surface area contributed by atoms with Crippen molar-refractivity contribution in [3.63, 3.8) is 0 Å². The van der Waals surface area contributed by atoms with E-state index in [-0.39, 0.29) is 0 Å². The maximum atomic E-state index is 12.3. The molecule has 0 fully saturated rings. The summed E-state index contributed by atoms with van der Waals surface area (Å²) in [6.07, 6.45) is 1.74. The molecule has 2 rings (SSSR count). The predicted octanol–water partition coefficient (Wildman–Crippen LogP) is 4.40. The van der Waals surface area contributed by atoms with Crippen LogP contribution in [-0.4, -0.2) is 18.2 Å². The molecule has 0 bridgehead atoms. The zero-order chi connectivity index (χ0) is 13.7. The molecule has 0 saturated carbocycles. The Bertz CT molecular complexity index is 575. The van der Waals surface area contributed by atoms with Gasteiger partial charge in [0.05, 0.1) is 13.2 Å². The topological polar surface area (TPSA) is 51.3 Å². The molecule has 1 heterocycles. The average Bonchev–Trinajstić information content (AvgIpc) is 2.80. The van der Waals surface area contributed by atoms with Crippen molar-refractivity contribution in [2.45, 2.75) is 13.8 Å². The third-order valence-corrected chi connectivity index (χ3v) is 4.36. The summed E-state index contributed by atoms with van der Waals surface area (Å²) in [5, 5.41) is 1.12. The molecule has 0 unspecified atom stereocenters. The molecule has 102 valence electrons. The molecule has 0 amide bonds. The van der Waals surface area contributed by atoms with E-state index < -0.39 is 7.60 Å². The minimum Gasteiger partial charge on any atom is -0.355 e. The van der Waals surface area contributed by atoms with Gasteiger partial charge in [0.25, 0.3) is 0 Å². The monoisotopic (exact) mass is 279 g/mol. The van der Waals surface area contributed by atoms with Gasteiger partial charge >= 0.3 is 7.60 Å². The van der Waals surface area contributed by atoms with Crippen LogP contribution in [-0.2, 0) is 13.6 Å². The number of hydrogen-bond donors (Lipinski definition) is 1. The van der Waals surface area contributed by atoms with Crippen molar-refractivity contribution in [2.75, 3.05) is 13.2 Å². The second-order valence-corrected chi connectivity index (χ2v) is 5.90. The molecule has 0 aliphatic heterocycles. The first-order valence-corrected chi connectivity index (χ1v) is 7.94. The normalized spacial score (nSPS) is 12.5. The Balaban J connectivity index is 2.22. The number of nitrogens with one attached hydrogen (secondary N) is 1. The molecular formula is C14H18NO3P. The number of fused-ring (bicyclic) bond motifs is 1. The maximum Gasteiger partial charge on any atom is 0.354 e. The number of rotatable bonds is 6. The van der Waals surface area contributed by atoms with Gasteiger partial charge in [-0.25, -0.2) is 0 Å². The first-order chi connectivity index (χ1) is 9.17. The van der Waals surface area contributed by atoms with Gasteiger partial charge in [-0.3, -0.25) is 4.57 Å². The molecule has 1 N–H and O–H groups in total. The molecule has 2 aromatic rings. The van der Waals surface area contributed by atoms with E-state index in [1.54, 1.807) is 19.9 Å². The lowest BCUT2D eigenvalue weighted by molar-refractivity contribution is 0.229. The molecule has 0 radical (unpaired) electrons. The first-order valence-electron chi connectivity index (χ1n) is 6.32. The van der Waals surface area contributed by atoms with Gasteiger partial charge in [-0.05, 0) is 37.4 Å². The van der Waals surface area contributed by atoms with E-state index in [2.05, 4.69) is 4.98 Å². The van der Waals surface area contributed by atoms with Crippen molar-refractivity contribution in [1.29, 1.82) is 0 Å². The number of para-hydroxylation sites is 1. The van der Waals surface area contributed by atoms with Crippen LogP contribution in [0.4, 0.5) is 0 Å². The van der Waals surface area contributed by atoms with E-state index in [0.29, 0.717) is 13.2 Å². The minimum absolute atomic E-state index is 0.355. The number of H-pyrrole nitrogens is 1. The van der Waals surface area contributed by atoms with Crippen molar-refractivity contribution < 1.29 is 13.6 Å². The standard InChI is InChI=1S/C14H18NO3P/c1-3-17-19(16,18-4-2)10-9-13-11-12-7-5-6-8-14(12)15-13/h5-11,15H,3-4H2,1-2H3/b10-9+. The predicted molar refractivity (Wildman–Crippen MR) is 78.2 cm³/mol. The third kappa shape index (κ3) is 3.57. The number of aromatic amines is 1.